The summed E-state index contributed by atoms with van der Waals surface area (Å²) in [6.45, 7) is 0.0239. The predicted octanol–water partition coefficient (Wildman–Crippen LogP) is 1.76. The van der Waals surface area contributed by atoms with Crippen molar-refractivity contribution in [1.82, 2.24) is 4.90 Å². The number of rotatable bonds is 2. The Kier molecular flexibility index (Phi) is 4.13. The Morgan fingerprint density at radius 3 is 2.68 bits per heavy atom. The van der Waals surface area contributed by atoms with E-state index in [0.29, 0.717) is 15.1 Å². The third kappa shape index (κ3) is 2.91. The lowest BCUT2D eigenvalue weighted by molar-refractivity contribution is -0.141. The Bertz CT molecular complexity index is 536. The Morgan fingerprint density at radius 1 is 1.42 bits per heavy atom. The van der Waals surface area contributed by atoms with Gasteiger partial charge in [0.25, 0.3) is 5.91 Å². The number of amides is 1. The van der Waals surface area contributed by atoms with Crippen molar-refractivity contribution < 1.29 is 19.8 Å². The molecule has 0 radical (unpaired) electrons. The highest BCUT2D eigenvalue weighted by Crippen LogP contribution is 2.26. The van der Waals surface area contributed by atoms with Gasteiger partial charge in [0.15, 0.2) is 0 Å². The van der Waals surface area contributed by atoms with Crippen LogP contribution >= 0.6 is 27.5 Å². The molecule has 0 unspecified atom stereocenters. The van der Waals surface area contributed by atoms with Crippen molar-refractivity contribution in [2.75, 3.05) is 6.54 Å². The fourth-order valence-corrected chi connectivity index (χ4v) is 2.56. The van der Waals surface area contributed by atoms with E-state index in [1.807, 2.05) is 0 Å². The lowest BCUT2D eigenvalue weighted by Gasteiger charge is -2.21. The van der Waals surface area contributed by atoms with Crippen molar-refractivity contribution in [3.63, 3.8) is 0 Å². The van der Waals surface area contributed by atoms with Gasteiger partial charge in [0.1, 0.15) is 6.04 Å². The van der Waals surface area contributed by atoms with Crippen LogP contribution in [0.25, 0.3) is 0 Å². The monoisotopic (exact) mass is 347 g/mol. The van der Waals surface area contributed by atoms with Crippen molar-refractivity contribution in [2.24, 2.45) is 0 Å². The van der Waals surface area contributed by atoms with E-state index in [2.05, 4.69) is 15.9 Å². The number of carboxylic acids is 1. The van der Waals surface area contributed by atoms with Gasteiger partial charge in [0, 0.05) is 23.0 Å². The predicted molar refractivity (Wildman–Crippen MR) is 72.2 cm³/mol. The van der Waals surface area contributed by atoms with Gasteiger partial charge < -0.3 is 15.1 Å². The fourth-order valence-electron chi connectivity index (χ4n) is 2.07. The van der Waals surface area contributed by atoms with Crippen LogP contribution in [0, 0.1) is 0 Å². The van der Waals surface area contributed by atoms with E-state index in [9.17, 15) is 14.7 Å². The van der Waals surface area contributed by atoms with Gasteiger partial charge in [-0.15, -0.1) is 0 Å². The van der Waals surface area contributed by atoms with Gasteiger partial charge in [0.05, 0.1) is 11.1 Å². The Balaban J connectivity index is 2.27. The molecule has 0 spiro atoms. The van der Waals surface area contributed by atoms with Crippen LogP contribution in [-0.2, 0) is 4.79 Å². The van der Waals surface area contributed by atoms with E-state index in [0.717, 1.165) is 0 Å². The van der Waals surface area contributed by atoms with Crippen molar-refractivity contribution in [1.29, 1.82) is 0 Å². The number of carbonyl (C=O) groups excluding carboxylic acids is 1. The minimum atomic E-state index is -1.11. The molecule has 1 aromatic rings. The fraction of sp³-hybridized carbons (Fsp3) is 0.333. The van der Waals surface area contributed by atoms with Crippen LogP contribution in [0.3, 0.4) is 0 Å². The normalized spacial score (nSPS) is 22.6. The largest absolute Gasteiger partial charge is 0.480 e. The molecule has 1 aliphatic rings. The number of aliphatic hydroxyl groups excluding tert-OH is 1. The highest BCUT2D eigenvalue weighted by Gasteiger charge is 2.39. The van der Waals surface area contributed by atoms with Crippen molar-refractivity contribution >= 4 is 39.4 Å². The number of aliphatic hydroxyl groups is 1. The minimum Gasteiger partial charge on any atom is -0.480 e. The summed E-state index contributed by atoms with van der Waals surface area (Å²) < 4.78 is 0.562. The number of benzene rings is 1. The highest BCUT2D eigenvalue weighted by atomic mass is 79.9. The van der Waals surface area contributed by atoms with Crippen LogP contribution in [0.4, 0.5) is 0 Å². The molecule has 0 saturated carbocycles. The zero-order valence-electron chi connectivity index (χ0n) is 9.72. The molecule has 1 amide bonds. The number of carbonyl (C=O) groups is 2. The van der Waals surface area contributed by atoms with Crippen LogP contribution in [0.5, 0.6) is 0 Å². The molecule has 5 nitrogen and oxygen atoms in total. The molecule has 2 atom stereocenters. The van der Waals surface area contributed by atoms with Gasteiger partial charge in [-0.1, -0.05) is 11.6 Å². The van der Waals surface area contributed by atoms with Crippen LogP contribution in [0.2, 0.25) is 5.02 Å². The van der Waals surface area contributed by atoms with E-state index in [1.165, 1.54) is 17.0 Å². The molecule has 19 heavy (non-hydrogen) atoms. The van der Waals surface area contributed by atoms with E-state index in [1.54, 1.807) is 6.07 Å². The lowest BCUT2D eigenvalue weighted by Crippen LogP contribution is -2.40. The molecule has 102 valence electrons. The number of nitrogens with zero attached hydrogens (tertiary/aromatic N) is 1. The van der Waals surface area contributed by atoms with Gasteiger partial charge in [-0.05, 0) is 34.1 Å². The van der Waals surface area contributed by atoms with Crippen molar-refractivity contribution in [2.45, 2.75) is 18.6 Å². The molecule has 0 bridgehead atoms. The second-order valence-corrected chi connectivity index (χ2v) is 5.59. The summed E-state index contributed by atoms with van der Waals surface area (Å²) in [5.41, 5.74) is 0.330. The van der Waals surface area contributed by atoms with Gasteiger partial charge in [-0.3, -0.25) is 4.79 Å². The first-order valence-corrected chi connectivity index (χ1v) is 6.74. The second kappa shape index (κ2) is 5.48. The number of β-amino-alcohol motifs (C(OH)–C–C–N with tert-alkyl or cyclic N) is 1. The molecular formula is C12H11BrClNO4. The van der Waals surface area contributed by atoms with Gasteiger partial charge in [-0.25, -0.2) is 4.79 Å². The molecule has 1 aliphatic heterocycles. The van der Waals surface area contributed by atoms with E-state index in [-0.39, 0.29) is 13.0 Å². The molecule has 1 heterocycles. The number of hydrogen-bond donors (Lipinski definition) is 2. The minimum absolute atomic E-state index is 0.0239. The van der Waals surface area contributed by atoms with E-state index >= 15 is 0 Å². The van der Waals surface area contributed by atoms with Crippen molar-refractivity contribution in [3.05, 3.63) is 33.3 Å². The third-order valence-corrected chi connectivity index (χ3v) is 4.21. The van der Waals surface area contributed by atoms with Crippen LogP contribution < -0.4 is 0 Å². The maximum atomic E-state index is 12.3. The summed E-state index contributed by atoms with van der Waals surface area (Å²) in [5.74, 6) is -1.54. The Hall–Kier alpha value is -1.11. The zero-order chi connectivity index (χ0) is 14.2. The number of likely N-dealkylation sites (tertiary alicyclic amines) is 1. The smallest absolute Gasteiger partial charge is 0.326 e. The summed E-state index contributed by atoms with van der Waals surface area (Å²) in [4.78, 5) is 24.5. The molecule has 1 fully saturated rings. The second-order valence-electron chi connectivity index (χ2n) is 4.33. The molecule has 1 aromatic carbocycles. The van der Waals surface area contributed by atoms with Gasteiger partial charge >= 0.3 is 5.97 Å². The van der Waals surface area contributed by atoms with E-state index in [4.69, 9.17) is 16.7 Å². The Morgan fingerprint density at radius 2 is 2.11 bits per heavy atom. The van der Waals surface area contributed by atoms with Crippen LogP contribution in [-0.4, -0.2) is 45.7 Å². The first-order chi connectivity index (χ1) is 8.90. The maximum Gasteiger partial charge on any atom is 0.326 e. The first kappa shape index (κ1) is 14.3. The summed E-state index contributed by atoms with van der Waals surface area (Å²) in [6, 6.07) is 3.63. The highest BCUT2D eigenvalue weighted by molar-refractivity contribution is 9.10. The SMILES string of the molecule is O=C(O)[C@@H]1C[C@@H](O)CN1C(=O)c1ccc(Cl)c(Br)c1. The lowest BCUT2D eigenvalue weighted by atomic mass is 10.1. The zero-order valence-corrected chi connectivity index (χ0v) is 12.1. The topological polar surface area (TPSA) is 77.8 Å². The number of halogens is 2. The average molecular weight is 349 g/mol. The molecule has 2 N–H and O–H groups in total. The van der Waals surface area contributed by atoms with Crippen LogP contribution in [0.1, 0.15) is 16.8 Å². The summed E-state index contributed by atoms with van der Waals surface area (Å²) in [6.07, 6.45) is -0.753. The summed E-state index contributed by atoms with van der Waals surface area (Å²) in [5, 5.41) is 19.1. The van der Waals surface area contributed by atoms with Gasteiger partial charge in [0.2, 0.25) is 0 Å². The number of hydrogen-bond acceptors (Lipinski definition) is 3. The average Bonchev–Trinajstić information content (AvgIpc) is 2.74. The number of carboxylic acid groups (broad SMARTS) is 1. The first-order valence-electron chi connectivity index (χ1n) is 5.57. The maximum absolute atomic E-state index is 12.3. The molecular weight excluding hydrogens is 337 g/mol. The molecule has 0 aromatic heterocycles. The van der Waals surface area contributed by atoms with Gasteiger partial charge in [-0.2, -0.15) is 0 Å². The standard InChI is InChI=1S/C12H11BrClNO4/c13-8-3-6(1-2-9(8)14)11(17)15-5-7(16)4-10(15)12(18)19/h1-3,7,10,16H,4-5H2,(H,18,19)/t7-,10+/m1/s1. The molecule has 7 heteroatoms. The molecule has 0 aliphatic carbocycles. The van der Waals surface area contributed by atoms with Crippen LogP contribution in [0.15, 0.2) is 22.7 Å². The van der Waals surface area contributed by atoms with Crippen molar-refractivity contribution in [3.8, 4) is 0 Å². The third-order valence-electron chi connectivity index (χ3n) is 2.99. The van der Waals surface area contributed by atoms with E-state index < -0.39 is 24.0 Å². The summed E-state index contributed by atoms with van der Waals surface area (Å²) >= 11 is 9.05. The quantitative estimate of drug-likeness (QED) is 0.854. The molecule has 2 rings (SSSR count). The Labute approximate surface area is 122 Å². The summed E-state index contributed by atoms with van der Waals surface area (Å²) in [7, 11) is 0. The number of aliphatic carboxylic acids is 1. The molecule has 1 saturated heterocycles.